The highest BCUT2D eigenvalue weighted by Crippen LogP contribution is 2.29. The smallest absolute Gasteiger partial charge is 0.453 e. The van der Waals surface area contributed by atoms with E-state index < -0.39 is 12.0 Å². The standard InChI is InChI=1S/C24H29F3N6O2/c1-16(2)11-14-35-19-6-4-3-5-18(19)15-28-22(34)17-9-12-32(13-10-17)21-8-7-20-29-30-23(24(25,26)27)33(20)31-21/h3-8,16-17H,9-15H2,1-2H3,(H,28,34). The molecule has 2 aromatic heterocycles. The van der Waals surface area contributed by atoms with Crippen molar-refractivity contribution >= 4 is 17.4 Å². The van der Waals surface area contributed by atoms with E-state index in [2.05, 4.69) is 34.5 Å². The molecule has 1 fully saturated rings. The minimum atomic E-state index is -4.64. The van der Waals surface area contributed by atoms with Crippen LogP contribution in [-0.2, 0) is 17.5 Å². The van der Waals surface area contributed by atoms with Crippen LogP contribution in [0.2, 0.25) is 0 Å². The number of alkyl halides is 3. The van der Waals surface area contributed by atoms with Crippen LogP contribution in [0.25, 0.3) is 5.65 Å². The first-order chi connectivity index (χ1) is 16.7. The van der Waals surface area contributed by atoms with Crippen LogP contribution in [0.15, 0.2) is 36.4 Å². The summed E-state index contributed by atoms with van der Waals surface area (Å²) in [6, 6.07) is 10.8. The number of rotatable bonds is 8. The van der Waals surface area contributed by atoms with Gasteiger partial charge in [-0.15, -0.1) is 15.3 Å². The molecular weight excluding hydrogens is 461 g/mol. The van der Waals surface area contributed by atoms with E-state index in [4.69, 9.17) is 4.74 Å². The Labute approximate surface area is 201 Å². The molecule has 1 N–H and O–H groups in total. The Balaban J connectivity index is 1.32. The molecule has 1 aliphatic rings. The summed E-state index contributed by atoms with van der Waals surface area (Å²) in [5, 5.41) is 13.8. The van der Waals surface area contributed by atoms with Gasteiger partial charge < -0.3 is 15.0 Å². The third kappa shape index (κ3) is 6.01. The van der Waals surface area contributed by atoms with Gasteiger partial charge in [-0.25, -0.2) is 0 Å². The number of fused-ring (bicyclic) bond motifs is 1. The summed E-state index contributed by atoms with van der Waals surface area (Å²) in [5.74, 6) is 0.351. The van der Waals surface area contributed by atoms with Gasteiger partial charge in [-0.3, -0.25) is 4.79 Å². The van der Waals surface area contributed by atoms with Crippen LogP contribution in [0, 0.1) is 11.8 Å². The minimum Gasteiger partial charge on any atom is -0.493 e. The second-order valence-electron chi connectivity index (χ2n) is 9.10. The Hall–Kier alpha value is -3.37. The van der Waals surface area contributed by atoms with Crippen LogP contribution in [0.1, 0.15) is 44.5 Å². The van der Waals surface area contributed by atoms with E-state index >= 15 is 0 Å². The normalized spacial score (nSPS) is 15.1. The van der Waals surface area contributed by atoms with Gasteiger partial charge in [0.15, 0.2) is 5.65 Å². The minimum absolute atomic E-state index is 0.0313. The van der Waals surface area contributed by atoms with Gasteiger partial charge >= 0.3 is 6.18 Å². The number of aromatic nitrogens is 4. The fraction of sp³-hybridized carbons (Fsp3) is 0.500. The summed E-state index contributed by atoms with van der Waals surface area (Å²) in [6.45, 7) is 6.31. The quantitative estimate of drug-likeness (QED) is 0.512. The fourth-order valence-corrected chi connectivity index (χ4v) is 4.02. The summed E-state index contributed by atoms with van der Waals surface area (Å²) in [5.41, 5.74) is 0.956. The number of ether oxygens (including phenoxy) is 1. The molecular formula is C24H29F3N6O2. The number of anilines is 1. The first kappa shape index (κ1) is 24.7. The highest BCUT2D eigenvalue weighted by molar-refractivity contribution is 5.79. The molecule has 0 saturated carbocycles. The van der Waals surface area contributed by atoms with E-state index in [0.29, 0.717) is 50.8 Å². The van der Waals surface area contributed by atoms with Crippen LogP contribution >= 0.6 is 0 Å². The van der Waals surface area contributed by atoms with Gasteiger partial charge in [0.25, 0.3) is 5.82 Å². The largest absolute Gasteiger partial charge is 0.493 e. The highest BCUT2D eigenvalue weighted by Gasteiger charge is 2.38. The van der Waals surface area contributed by atoms with Crippen molar-refractivity contribution in [3.63, 3.8) is 0 Å². The summed E-state index contributed by atoms with van der Waals surface area (Å²) in [6.07, 6.45) is -2.54. The lowest BCUT2D eigenvalue weighted by Gasteiger charge is -2.32. The molecule has 35 heavy (non-hydrogen) atoms. The van der Waals surface area contributed by atoms with Crippen molar-refractivity contribution < 1.29 is 22.7 Å². The summed E-state index contributed by atoms with van der Waals surface area (Å²) in [4.78, 5) is 14.7. The average molecular weight is 491 g/mol. The Morgan fingerprint density at radius 2 is 1.89 bits per heavy atom. The van der Waals surface area contributed by atoms with E-state index in [9.17, 15) is 18.0 Å². The number of carbonyl (C=O) groups is 1. The first-order valence-corrected chi connectivity index (χ1v) is 11.8. The molecule has 1 aromatic carbocycles. The van der Waals surface area contributed by atoms with Crippen molar-refractivity contribution in [2.24, 2.45) is 11.8 Å². The number of hydrogen-bond donors (Lipinski definition) is 1. The predicted octanol–water partition coefficient (Wildman–Crippen LogP) is 4.10. The molecule has 3 aromatic rings. The molecule has 0 bridgehead atoms. The number of amides is 1. The zero-order chi connectivity index (χ0) is 25.0. The molecule has 1 aliphatic heterocycles. The fourth-order valence-electron chi connectivity index (χ4n) is 4.02. The topological polar surface area (TPSA) is 84.6 Å². The van der Waals surface area contributed by atoms with Gasteiger partial charge in [0.2, 0.25) is 5.91 Å². The van der Waals surface area contributed by atoms with Gasteiger partial charge in [-0.1, -0.05) is 32.0 Å². The number of hydrogen-bond acceptors (Lipinski definition) is 6. The highest BCUT2D eigenvalue weighted by atomic mass is 19.4. The zero-order valence-corrected chi connectivity index (χ0v) is 19.8. The monoisotopic (exact) mass is 490 g/mol. The lowest BCUT2D eigenvalue weighted by atomic mass is 9.96. The predicted molar refractivity (Wildman–Crippen MR) is 124 cm³/mol. The number of halogens is 3. The molecule has 0 unspecified atom stereocenters. The number of carbonyl (C=O) groups excluding carboxylic acids is 1. The molecule has 1 amide bonds. The van der Waals surface area contributed by atoms with Crippen LogP contribution in [-0.4, -0.2) is 45.4 Å². The molecule has 0 aliphatic carbocycles. The second kappa shape index (κ2) is 10.5. The van der Waals surface area contributed by atoms with Crippen molar-refractivity contribution in [1.29, 1.82) is 0 Å². The number of nitrogens with one attached hydrogen (secondary N) is 1. The molecule has 188 valence electrons. The Kier molecular flexibility index (Phi) is 7.42. The first-order valence-electron chi connectivity index (χ1n) is 11.8. The molecule has 8 nitrogen and oxygen atoms in total. The third-order valence-electron chi connectivity index (χ3n) is 6.07. The van der Waals surface area contributed by atoms with Crippen LogP contribution < -0.4 is 15.0 Å². The van der Waals surface area contributed by atoms with Crippen molar-refractivity contribution in [1.82, 2.24) is 25.1 Å². The maximum Gasteiger partial charge on any atom is 0.453 e. The van der Waals surface area contributed by atoms with E-state index in [1.54, 1.807) is 6.07 Å². The van der Waals surface area contributed by atoms with Crippen LogP contribution in [0.4, 0.5) is 19.0 Å². The summed E-state index contributed by atoms with van der Waals surface area (Å²) >= 11 is 0. The SMILES string of the molecule is CC(C)CCOc1ccccc1CNC(=O)C1CCN(c2ccc3nnc(C(F)(F)F)n3n2)CC1. The molecule has 0 radical (unpaired) electrons. The molecule has 1 saturated heterocycles. The van der Waals surface area contributed by atoms with Crippen LogP contribution in [0.3, 0.4) is 0 Å². The summed E-state index contributed by atoms with van der Waals surface area (Å²) in [7, 11) is 0. The molecule has 0 atom stereocenters. The van der Waals surface area contributed by atoms with Gasteiger partial charge in [-0.05, 0) is 43.4 Å². The number of para-hydroxylation sites is 1. The van der Waals surface area contributed by atoms with Gasteiger partial charge in [0.05, 0.1) is 6.61 Å². The zero-order valence-electron chi connectivity index (χ0n) is 19.8. The van der Waals surface area contributed by atoms with E-state index in [1.165, 1.54) is 6.07 Å². The molecule has 11 heteroatoms. The maximum absolute atomic E-state index is 13.1. The van der Waals surface area contributed by atoms with Gasteiger partial charge in [0.1, 0.15) is 11.6 Å². The Morgan fingerprint density at radius 3 is 2.60 bits per heavy atom. The number of nitrogens with zero attached hydrogens (tertiary/aromatic N) is 5. The van der Waals surface area contributed by atoms with E-state index in [-0.39, 0.29) is 17.5 Å². The van der Waals surface area contributed by atoms with Crippen molar-refractivity contribution in [3.8, 4) is 5.75 Å². The Morgan fingerprint density at radius 1 is 1.14 bits per heavy atom. The average Bonchev–Trinajstić information content (AvgIpc) is 3.27. The Bertz CT molecular complexity index is 1160. The van der Waals surface area contributed by atoms with Crippen molar-refractivity contribution in [2.45, 2.75) is 45.8 Å². The molecule has 3 heterocycles. The van der Waals surface area contributed by atoms with Crippen LogP contribution in [0.5, 0.6) is 5.75 Å². The lowest BCUT2D eigenvalue weighted by molar-refractivity contribution is -0.146. The number of benzene rings is 1. The van der Waals surface area contributed by atoms with Crippen molar-refractivity contribution in [2.75, 3.05) is 24.6 Å². The lowest BCUT2D eigenvalue weighted by Crippen LogP contribution is -2.40. The molecule has 0 spiro atoms. The molecule has 4 rings (SSSR count). The maximum atomic E-state index is 13.1. The van der Waals surface area contributed by atoms with E-state index in [1.807, 2.05) is 29.2 Å². The number of piperidine rings is 1. The van der Waals surface area contributed by atoms with Gasteiger partial charge in [0, 0.05) is 31.1 Å². The van der Waals surface area contributed by atoms with Crippen molar-refractivity contribution in [3.05, 3.63) is 47.8 Å². The summed E-state index contributed by atoms with van der Waals surface area (Å²) < 4.78 is 46.1. The second-order valence-corrected chi connectivity index (χ2v) is 9.10. The van der Waals surface area contributed by atoms with Gasteiger partial charge in [-0.2, -0.15) is 17.7 Å². The van der Waals surface area contributed by atoms with E-state index in [0.717, 1.165) is 22.2 Å². The third-order valence-corrected chi connectivity index (χ3v) is 6.07.